The molecule has 0 atom stereocenters. The molecule has 0 radical (unpaired) electrons. The van der Waals surface area contributed by atoms with E-state index in [2.05, 4.69) is 63.8 Å². The van der Waals surface area contributed by atoms with Crippen molar-refractivity contribution < 1.29 is 0 Å². The van der Waals surface area contributed by atoms with Crippen LogP contribution in [0.4, 0.5) is 5.69 Å². The quantitative estimate of drug-likeness (QED) is 0.652. The first-order chi connectivity index (χ1) is 8.54. The van der Waals surface area contributed by atoms with Crippen molar-refractivity contribution >= 4 is 5.69 Å². The van der Waals surface area contributed by atoms with E-state index in [-0.39, 0.29) is 0 Å². The Morgan fingerprint density at radius 3 is 2.00 bits per heavy atom. The summed E-state index contributed by atoms with van der Waals surface area (Å²) in [6.07, 6.45) is 3.83. The second kappa shape index (κ2) is 6.82. The maximum Gasteiger partial charge on any atom is 0.0366 e. The summed E-state index contributed by atoms with van der Waals surface area (Å²) in [6, 6.07) is 8.90. The molecule has 0 unspecified atom stereocenters. The van der Waals surface area contributed by atoms with E-state index in [0.29, 0.717) is 5.41 Å². The van der Waals surface area contributed by atoms with E-state index in [9.17, 15) is 0 Å². The molecular formula is C17H29N. The minimum atomic E-state index is 0.498. The third-order valence-corrected chi connectivity index (χ3v) is 4.47. The van der Waals surface area contributed by atoms with E-state index in [0.717, 1.165) is 13.1 Å². The predicted molar refractivity (Wildman–Crippen MR) is 82.4 cm³/mol. The number of hydrogen-bond acceptors (Lipinski definition) is 1. The Labute approximate surface area is 113 Å². The first-order valence-corrected chi connectivity index (χ1v) is 7.36. The van der Waals surface area contributed by atoms with Gasteiger partial charge in [-0.15, -0.1) is 0 Å². The standard InChI is InChI=1S/C17H29N/c1-6-17(5,7-2)13-14-18(8-3)16-11-9-15(4)10-12-16/h9-12H,6-8,13-14H2,1-5H3. The molecule has 1 aromatic carbocycles. The Hall–Kier alpha value is -0.980. The second-order valence-electron chi connectivity index (χ2n) is 5.68. The third kappa shape index (κ3) is 4.04. The third-order valence-electron chi connectivity index (χ3n) is 4.47. The number of nitrogens with zero attached hydrogens (tertiary/aromatic N) is 1. The predicted octanol–water partition coefficient (Wildman–Crippen LogP) is 5.04. The van der Waals surface area contributed by atoms with Crippen LogP contribution in [0.3, 0.4) is 0 Å². The highest BCUT2D eigenvalue weighted by atomic mass is 15.1. The van der Waals surface area contributed by atoms with Gasteiger partial charge in [0.25, 0.3) is 0 Å². The van der Waals surface area contributed by atoms with E-state index < -0.39 is 0 Å². The van der Waals surface area contributed by atoms with Crippen LogP contribution in [-0.4, -0.2) is 13.1 Å². The fourth-order valence-corrected chi connectivity index (χ4v) is 2.23. The summed E-state index contributed by atoms with van der Waals surface area (Å²) >= 11 is 0. The lowest BCUT2D eigenvalue weighted by atomic mass is 9.81. The number of rotatable bonds is 7. The van der Waals surface area contributed by atoms with Crippen LogP contribution in [0.2, 0.25) is 0 Å². The Kier molecular flexibility index (Phi) is 5.71. The first kappa shape index (κ1) is 15.1. The minimum absolute atomic E-state index is 0.498. The average molecular weight is 247 g/mol. The van der Waals surface area contributed by atoms with Crippen LogP contribution in [-0.2, 0) is 0 Å². The van der Waals surface area contributed by atoms with Crippen LogP contribution in [0.25, 0.3) is 0 Å². The van der Waals surface area contributed by atoms with Crippen molar-refractivity contribution in [3.8, 4) is 0 Å². The molecule has 0 bridgehead atoms. The summed E-state index contributed by atoms with van der Waals surface area (Å²) in [5.74, 6) is 0. The van der Waals surface area contributed by atoms with Gasteiger partial charge in [-0.3, -0.25) is 0 Å². The molecular weight excluding hydrogens is 218 g/mol. The number of aryl methyl sites for hydroxylation is 1. The van der Waals surface area contributed by atoms with Gasteiger partial charge in [-0.25, -0.2) is 0 Å². The Morgan fingerprint density at radius 1 is 1.00 bits per heavy atom. The molecule has 1 heteroatoms. The number of hydrogen-bond donors (Lipinski definition) is 0. The Balaban J connectivity index is 2.65. The van der Waals surface area contributed by atoms with Gasteiger partial charge in [0.2, 0.25) is 0 Å². The van der Waals surface area contributed by atoms with Gasteiger partial charge in [-0.2, -0.15) is 0 Å². The Morgan fingerprint density at radius 2 is 1.56 bits per heavy atom. The van der Waals surface area contributed by atoms with Gasteiger partial charge < -0.3 is 4.90 Å². The van der Waals surface area contributed by atoms with Gasteiger partial charge in [0.1, 0.15) is 0 Å². The van der Waals surface area contributed by atoms with E-state index >= 15 is 0 Å². The highest BCUT2D eigenvalue weighted by molar-refractivity contribution is 5.47. The zero-order valence-corrected chi connectivity index (χ0v) is 12.8. The van der Waals surface area contributed by atoms with Crippen LogP contribution in [0, 0.1) is 12.3 Å². The molecule has 0 N–H and O–H groups in total. The lowest BCUT2D eigenvalue weighted by Gasteiger charge is -2.31. The minimum Gasteiger partial charge on any atom is -0.372 e. The van der Waals surface area contributed by atoms with Crippen LogP contribution >= 0.6 is 0 Å². The Bertz CT molecular complexity index is 335. The molecule has 1 nitrogen and oxygen atoms in total. The summed E-state index contributed by atoms with van der Waals surface area (Å²) in [5.41, 5.74) is 3.19. The molecule has 1 rings (SSSR count). The molecule has 0 saturated carbocycles. The maximum atomic E-state index is 2.49. The summed E-state index contributed by atoms with van der Waals surface area (Å²) < 4.78 is 0. The zero-order valence-electron chi connectivity index (χ0n) is 12.8. The average Bonchev–Trinajstić information content (AvgIpc) is 2.41. The van der Waals surface area contributed by atoms with Crippen molar-refractivity contribution in [3.05, 3.63) is 29.8 Å². The van der Waals surface area contributed by atoms with Gasteiger partial charge in [-0.05, 0) is 37.8 Å². The normalized spacial score (nSPS) is 11.6. The highest BCUT2D eigenvalue weighted by Gasteiger charge is 2.20. The molecule has 0 fully saturated rings. The fraction of sp³-hybridized carbons (Fsp3) is 0.647. The van der Waals surface area contributed by atoms with E-state index in [4.69, 9.17) is 0 Å². The summed E-state index contributed by atoms with van der Waals surface area (Å²) in [5, 5.41) is 0. The topological polar surface area (TPSA) is 3.24 Å². The highest BCUT2D eigenvalue weighted by Crippen LogP contribution is 2.30. The van der Waals surface area contributed by atoms with E-state index in [1.807, 2.05) is 0 Å². The van der Waals surface area contributed by atoms with Crippen LogP contribution in [0.5, 0.6) is 0 Å². The van der Waals surface area contributed by atoms with Gasteiger partial charge in [-0.1, -0.05) is 51.3 Å². The van der Waals surface area contributed by atoms with Crippen LogP contribution in [0.1, 0.15) is 52.5 Å². The fourth-order valence-electron chi connectivity index (χ4n) is 2.23. The van der Waals surface area contributed by atoms with Gasteiger partial charge >= 0.3 is 0 Å². The van der Waals surface area contributed by atoms with Crippen molar-refractivity contribution in [2.45, 2.75) is 53.9 Å². The van der Waals surface area contributed by atoms with Gasteiger partial charge in [0.05, 0.1) is 0 Å². The summed E-state index contributed by atoms with van der Waals surface area (Å²) in [4.78, 5) is 2.49. The largest absolute Gasteiger partial charge is 0.372 e. The molecule has 1 aromatic rings. The molecule has 0 saturated heterocycles. The summed E-state index contributed by atoms with van der Waals surface area (Å²) in [7, 11) is 0. The molecule has 0 amide bonds. The lowest BCUT2D eigenvalue weighted by molar-refractivity contribution is 0.275. The van der Waals surface area contributed by atoms with Crippen molar-refractivity contribution in [3.63, 3.8) is 0 Å². The van der Waals surface area contributed by atoms with Crippen molar-refractivity contribution in [1.29, 1.82) is 0 Å². The zero-order chi connectivity index (χ0) is 13.6. The number of benzene rings is 1. The van der Waals surface area contributed by atoms with Crippen molar-refractivity contribution in [1.82, 2.24) is 0 Å². The smallest absolute Gasteiger partial charge is 0.0366 e. The van der Waals surface area contributed by atoms with E-state index in [1.54, 1.807) is 0 Å². The van der Waals surface area contributed by atoms with E-state index in [1.165, 1.54) is 30.5 Å². The lowest BCUT2D eigenvalue weighted by Crippen LogP contribution is -2.28. The van der Waals surface area contributed by atoms with Gasteiger partial charge in [0.15, 0.2) is 0 Å². The van der Waals surface area contributed by atoms with Gasteiger partial charge in [0, 0.05) is 18.8 Å². The molecule has 0 spiro atoms. The summed E-state index contributed by atoms with van der Waals surface area (Å²) in [6.45, 7) is 13.7. The number of anilines is 1. The molecule has 0 aliphatic carbocycles. The molecule has 0 heterocycles. The SMILES string of the molecule is CCN(CCC(C)(CC)CC)c1ccc(C)cc1. The monoisotopic (exact) mass is 247 g/mol. The molecule has 0 aliphatic rings. The second-order valence-corrected chi connectivity index (χ2v) is 5.68. The molecule has 102 valence electrons. The molecule has 0 aliphatic heterocycles. The van der Waals surface area contributed by atoms with Crippen molar-refractivity contribution in [2.75, 3.05) is 18.0 Å². The van der Waals surface area contributed by atoms with Crippen LogP contribution in [0.15, 0.2) is 24.3 Å². The first-order valence-electron chi connectivity index (χ1n) is 7.36. The van der Waals surface area contributed by atoms with Crippen LogP contribution < -0.4 is 4.90 Å². The van der Waals surface area contributed by atoms with Crippen molar-refractivity contribution in [2.24, 2.45) is 5.41 Å². The molecule has 0 aromatic heterocycles. The molecule has 18 heavy (non-hydrogen) atoms. The maximum absolute atomic E-state index is 2.49.